The largest absolute Gasteiger partial charge is 0.409 e. The van der Waals surface area contributed by atoms with Crippen LogP contribution in [0, 0.1) is 32.5 Å². The number of hydrogen-bond donors (Lipinski definition) is 0. The molecule has 9 nitrogen and oxygen atoms in total. The molecule has 1 saturated heterocycles. The standard InChI is InChI=1S/C20H25N5O4S2/c1-13-5-6-17(11-14(13)2)19-21-25(20(30)28-19)12-23-7-9-24(10-8-23)31(26,27)18-15(3)22-29-16(18)4/h5-6,11H,7-10,12H2,1-4H3. The van der Waals surface area contributed by atoms with Gasteiger partial charge in [0.05, 0.1) is 6.67 Å². The fourth-order valence-corrected chi connectivity index (χ4v) is 5.55. The molecule has 0 spiro atoms. The molecule has 0 aliphatic carbocycles. The van der Waals surface area contributed by atoms with Gasteiger partial charge < -0.3 is 8.94 Å². The van der Waals surface area contributed by atoms with Crippen molar-refractivity contribution < 1.29 is 17.4 Å². The number of aromatic nitrogens is 3. The van der Waals surface area contributed by atoms with Crippen LogP contribution in [0.15, 0.2) is 32.0 Å². The Kier molecular flexibility index (Phi) is 5.86. The first-order valence-corrected chi connectivity index (χ1v) is 11.8. The minimum absolute atomic E-state index is 0.165. The van der Waals surface area contributed by atoms with Crippen molar-refractivity contribution >= 4 is 22.2 Å². The lowest BCUT2D eigenvalue weighted by Gasteiger charge is -2.33. The second kappa shape index (κ2) is 8.30. The molecule has 1 aliphatic rings. The molecule has 0 radical (unpaired) electrons. The van der Waals surface area contributed by atoms with E-state index in [0.717, 1.165) is 11.1 Å². The summed E-state index contributed by atoms with van der Waals surface area (Å²) in [6, 6.07) is 6.02. The fourth-order valence-electron chi connectivity index (χ4n) is 3.66. The number of benzene rings is 1. The lowest BCUT2D eigenvalue weighted by Crippen LogP contribution is -2.49. The molecule has 2 aromatic heterocycles. The van der Waals surface area contributed by atoms with Crippen LogP contribution in [0.3, 0.4) is 0 Å². The van der Waals surface area contributed by atoms with Crippen LogP contribution in [-0.2, 0) is 16.7 Å². The van der Waals surface area contributed by atoms with Crippen molar-refractivity contribution in [2.45, 2.75) is 39.3 Å². The van der Waals surface area contributed by atoms with Crippen molar-refractivity contribution in [1.29, 1.82) is 0 Å². The van der Waals surface area contributed by atoms with Gasteiger partial charge in [0.1, 0.15) is 10.6 Å². The quantitative estimate of drug-likeness (QED) is 0.533. The Morgan fingerprint density at radius 3 is 2.39 bits per heavy atom. The van der Waals surface area contributed by atoms with Crippen molar-refractivity contribution in [2.75, 3.05) is 26.2 Å². The average Bonchev–Trinajstić information content (AvgIpc) is 3.26. The minimum Gasteiger partial charge on any atom is -0.409 e. The molecular formula is C20H25N5O4S2. The summed E-state index contributed by atoms with van der Waals surface area (Å²) in [6.07, 6.45) is 0. The summed E-state index contributed by atoms with van der Waals surface area (Å²) >= 11 is 5.35. The molecule has 31 heavy (non-hydrogen) atoms. The van der Waals surface area contributed by atoms with Gasteiger partial charge in [-0.1, -0.05) is 11.2 Å². The summed E-state index contributed by atoms with van der Waals surface area (Å²) in [5.41, 5.74) is 3.62. The van der Waals surface area contributed by atoms with Crippen LogP contribution in [0.1, 0.15) is 22.6 Å². The smallest absolute Gasteiger partial charge is 0.288 e. The predicted molar refractivity (Wildman–Crippen MR) is 117 cm³/mol. The highest BCUT2D eigenvalue weighted by atomic mass is 32.2. The molecule has 1 fully saturated rings. The van der Waals surface area contributed by atoms with Crippen LogP contribution in [0.2, 0.25) is 0 Å². The summed E-state index contributed by atoms with van der Waals surface area (Å²) in [5, 5.41) is 8.30. The number of rotatable bonds is 5. The normalized spacial score (nSPS) is 16.1. The minimum atomic E-state index is -3.64. The molecule has 0 amide bonds. The summed E-state index contributed by atoms with van der Waals surface area (Å²) in [5.74, 6) is 0.792. The predicted octanol–water partition coefficient (Wildman–Crippen LogP) is 3.06. The highest BCUT2D eigenvalue weighted by Crippen LogP contribution is 2.25. The maximum Gasteiger partial charge on any atom is 0.288 e. The van der Waals surface area contributed by atoms with Gasteiger partial charge in [0, 0.05) is 31.7 Å². The molecule has 0 saturated carbocycles. The van der Waals surface area contributed by atoms with Crippen molar-refractivity contribution in [3.63, 3.8) is 0 Å². The highest BCUT2D eigenvalue weighted by Gasteiger charge is 2.33. The molecule has 0 atom stereocenters. The number of piperazine rings is 1. The monoisotopic (exact) mass is 463 g/mol. The Balaban J connectivity index is 1.44. The van der Waals surface area contributed by atoms with E-state index in [0.29, 0.717) is 55.0 Å². The third-order valence-electron chi connectivity index (χ3n) is 5.59. The maximum absolute atomic E-state index is 13.0. The number of aryl methyl sites for hydroxylation is 4. The Morgan fingerprint density at radius 1 is 1.06 bits per heavy atom. The van der Waals surface area contributed by atoms with E-state index < -0.39 is 10.0 Å². The fraction of sp³-hybridized carbons (Fsp3) is 0.450. The molecule has 4 rings (SSSR count). The molecule has 1 aliphatic heterocycles. The molecule has 166 valence electrons. The second-order valence-corrected chi connectivity index (χ2v) is 10.0. The summed E-state index contributed by atoms with van der Waals surface area (Å²) in [4.78, 5) is 2.55. The Bertz CT molecular complexity index is 1250. The summed E-state index contributed by atoms with van der Waals surface area (Å²) in [6.45, 7) is 9.61. The lowest BCUT2D eigenvalue weighted by atomic mass is 10.1. The van der Waals surface area contributed by atoms with Gasteiger partial charge in [-0.05, 0) is 63.2 Å². The van der Waals surface area contributed by atoms with Gasteiger partial charge in [0.25, 0.3) is 4.84 Å². The zero-order valence-corrected chi connectivity index (χ0v) is 19.6. The van der Waals surface area contributed by atoms with Crippen LogP contribution in [-0.4, -0.2) is 58.7 Å². The van der Waals surface area contributed by atoms with E-state index in [9.17, 15) is 8.42 Å². The number of nitrogens with zero attached hydrogens (tertiary/aromatic N) is 5. The summed E-state index contributed by atoms with van der Waals surface area (Å²) in [7, 11) is -3.64. The van der Waals surface area contributed by atoms with E-state index in [1.54, 1.807) is 18.5 Å². The zero-order valence-electron chi connectivity index (χ0n) is 18.0. The topological polar surface area (TPSA) is 97.6 Å². The zero-order chi connectivity index (χ0) is 22.3. The van der Waals surface area contributed by atoms with E-state index in [-0.39, 0.29) is 4.90 Å². The van der Waals surface area contributed by atoms with E-state index in [2.05, 4.69) is 22.1 Å². The van der Waals surface area contributed by atoms with Crippen molar-refractivity contribution in [3.05, 3.63) is 45.6 Å². The third-order valence-corrected chi connectivity index (χ3v) is 8.03. The molecule has 0 bridgehead atoms. The van der Waals surface area contributed by atoms with E-state index in [4.69, 9.17) is 21.2 Å². The number of hydrogen-bond acceptors (Lipinski definition) is 8. The van der Waals surface area contributed by atoms with Crippen LogP contribution in [0.25, 0.3) is 11.5 Å². The Morgan fingerprint density at radius 2 is 1.77 bits per heavy atom. The SMILES string of the molecule is Cc1ccc(-c2nn(CN3CCN(S(=O)(=O)c4c(C)noc4C)CC3)c(=S)o2)cc1C. The van der Waals surface area contributed by atoms with Gasteiger partial charge in [-0.2, -0.15) is 4.31 Å². The van der Waals surface area contributed by atoms with Crippen LogP contribution < -0.4 is 0 Å². The van der Waals surface area contributed by atoms with E-state index in [1.807, 2.05) is 25.1 Å². The second-order valence-electron chi connectivity index (χ2n) is 7.79. The molecule has 1 aromatic carbocycles. The molecule has 11 heteroatoms. The molecule has 0 unspecified atom stereocenters. The van der Waals surface area contributed by atoms with E-state index in [1.165, 1.54) is 9.87 Å². The first kappa shape index (κ1) is 21.9. The van der Waals surface area contributed by atoms with Crippen LogP contribution >= 0.6 is 12.2 Å². The van der Waals surface area contributed by atoms with Gasteiger partial charge in [0.15, 0.2) is 5.76 Å². The van der Waals surface area contributed by atoms with Crippen LogP contribution in [0.4, 0.5) is 0 Å². The average molecular weight is 464 g/mol. The van der Waals surface area contributed by atoms with Crippen molar-refractivity contribution in [1.82, 2.24) is 24.1 Å². The lowest BCUT2D eigenvalue weighted by molar-refractivity contribution is 0.143. The van der Waals surface area contributed by atoms with Crippen molar-refractivity contribution in [2.24, 2.45) is 0 Å². The Hall–Kier alpha value is -2.34. The Labute approximate surface area is 186 Å². The maximum atomic E-state index is 13.0. The van der Waals surface area contributed by atoms with Gasteiger partial charge in [0.2, 0.25) is 15.9 Å². The van der Waals surface area contributed by atoms with Gasteiger partial charge in [-0.15, -0.1) is 5.10 Å². The van der Waals surface area contributed by atoms with Crippen LogP contribution in [0.5, 0.6) is 0 Å². The van der Waals surface area contributed by atoms with E-state index >= 15 is 0 Å². The van der Waals surface area contributed by atoms with Gasteiger partial charge in [-0.3, -0.25) is 4.90 Å². The molecular weight excluding hydrogens is 438 g/mol. The van der Waals surface area contributed by atoms with Crippen molar-refractivity contribution in [3.8, 4) is 11.5 Å². The molecule has 0 N–H and O–H groups in total. The molecule has 3 aromatic rings. The van der Waals surface area contributed by atoms with Gasteiger partial charge in [-0.25, -0.2) is 13.1 Å². The first-order chi connectivity index (χ1) is 14.7. The highest BCUT2D eigenvalue weighted by molar-refractivity contribution is 7.89. The first-order valence-electron chi connectivity index (χ1n) is 9.98. The molecule has 3 heterocycles. The number of sulfonamides is 1. The third kappa shape index (κ3) is 4.22. The summed E-state index contributed by atoms with van der Waals surface area (Å²) < 4.78 is 39.8. The van der Waals surface area contributed by atoms with Gasteiger partial charge >= 0.3 is 0 Å².